The molecule has 0 nitrogen and oxygen atoms in total. The molecule has 3 rings (SSSR count). The molecular formula is C32H46. The van der Waals surface area contributed by atoms with Crippen LogP contribution in [0.15, 0.2) is 55.6 Å². The van der Waals surface area contributed by atoms with Gasteiger partial charge in [-0.05, 0) is 71.1 Å². The van der Waals surface area contributed by atoms with Gasteiger partial charge in [0.05, 0.1) is 0 Å². The Kier molecular flexibility index (Phi) is 11.0. The smallest absolute Gasteiger partial charge is 0.00641 e. The third-order valence-corrected chi connectivity index (χ3v) is 7.26. The normalized spacial score (nSPS) is 15.3. The van der Waals surface area contributed by atoms with Gasteiger partial charge in [-0.3, -0.25) is 0 Å². The van der Waals surface area contributed by atoms with Crippen LogP contribution in [0.1, 0.15) is 113 Å². The Hall–Kier alpha value is -2.08. The molecule has 2 aromatic carbocycles. The van der Waals surface area contributed by atoms with Crippen LogP contribution in [-0.2, 0) is 6.42 Å². The van der Waals surface area contributed by atoms with E-state index in [2.05, 4.69) is 76.4 Å². The number of aryl methyl sites for hydroxylation is 2. The Labute approximate surface area is 198 Å². The summed E-state index contributed by atoms with van der Waals surface area (Å²) in [6.45, 7) is 19.5. The lowest BCUT2D eigenvalue weighted by molar-refractivity contribution is 0.428. The fourth-order valence-corrected chi connectivity index (χ4v) is 5.02. The highest BCUT2D eigenvalue weighted by Gasteiger charge is 2.19. The van der Waals surface area contributed by atoms with Crippen LogP contribution in [0.25, 0.3) is 11.1 Å². The summed E-state index contributed by atoms with van der Waals surface area (Å²) in [6, 6.07) is 15.7. The van der Waals surface area contributed by atoms with E-state index in [1.54, 1.807) is 0 Å². The van der Waals surface area contributed by atoms with Crippen molar-refractivity contribution in [3.8, 4) is 0 Å². The first-order chi connectivity index (χ1) is 15.5. The van der Waals surface area contributed by atoms with Crippen LogP contribution in [0.4, 0.5) is 0 Å². The molecule has 174 valence electrons. The van der Waals surface area contributed by atoms with Crippen LogP contribution in [0, 0.1) is 12.8 Å². The van der Waals surface area contributed by atoms with Crippen LogP contribution in [0.5, 0.6) is 0 Å². The molecule has 0 aromatic heterocycles. The summed E-state index contributed by atoms with van der Waals surface area (Å²) in [5.41, 5.74) is 9.29. The van der Waals surface area contributed by atoms with Gasteiger partial charge in [0.2, 0.25) is 0 Å². The highest BCUT2D eigenvalue weighted by atomic mass is 14.2. The van der Waals surface area contributed by atoms with Crippen molar-refractivity contribution in [2.75, 3.05) is 0 Å². The van der Waals surface area contributed by atoms with Crippen LogP contribution in [-0.4, -0.2) is 0 Å². The van der Waals surface area contributed by atoms with Crippen LogP contribution >= 0.6 is 0 Å². The van der Waals surface area contributed by atoms with Crippen LogP contribution in [0.2, 0.25) is 0 Å². The Morgan fingerprint density at radius 2 is 1.62 bits per heavy atom. The van der Waals surface area contributed by atoms with Gasteiger partial charge in [0.1, 0.15) is 0 Å². The predicted molar refractivity (Wildman–Crippen MR) is 145 cm³/mol. The van der Waals surface area contributed by atoms with Gasteiger partial charge in [-0.2, -0.15) is 0 Å². The zero-order valence-corrected chi connectivity index (χ0v) is 21.5. The molecule has 0 N–H and O–H groups in total. The lowest BCUT2D eigenvalue weighted by Gasteiger charge is -2.23. The Morgan fingerprint density at radius 3 is 2.25 bits per heavy atom. The van der Waals surface area contributed by atoms with E-state index in [1.807, 2.05) is 13.8 Å². The first-order valence-corrected chi connectivity index (χ1v) is 13.1. The van der Waals surface area contributed by atoms with E-state index >= 15 is 0 Å². The summed E-state index contributed by atoms with van der Waals surface area (Å²) in [5, 5.41) is 0. The molecule has 1 aliphatic rings. The summed E-state index contributed by atoms with van der Waals surface area (Å²) in [4.78, 5) is 0. The highest BCUT2D eigenvalue weighted by Crippen LogP contribution is 2.36. The third-order valence-electron chi connectivity index (χ3n) is 7.26. The average Bonchev–Trinajstić information content (AvgIpc) is 3.11. The van der Waals surface area contributed by atoms with Crippen molar-refractivity contribution >= 4 is 11.1 Å². The molecule has 0 unspecified atom stereocenters. The number of allylic oxidation sites excluding steroid dienone is 2. The zero-order chi connectivity index (χ0) is 23.5. The molecule has 1 atom stereocenters. The maximum Gasteiger partial charge on any atom is 0.00641 e. The Balaban J connectivity index is 0.00000176. The average molecular weight is 431 g/mol. The van der Waals surface area contributed by atoms with Crippen molar-refractivity contribution in [3.05, 3.63) is 83.4 Å². The zero-order valence-electron chi connectivity index (χ0n) is 21.5. The molecule has 1 saturated carbocycles. The van der Waals surface area contributed by atoms with Crippen molar-refractivity contribution in [2.45, 2.75) is 98.3 Å². The Bertz CT molecular complexity index is 861. The van der Waals surface area contributed by atoms with Gasteiger partial charge in [-0.1, -0.05) is 122 Å². The van der Waals surface area contributed by atoms with Gasteiger partial charge in [0.25, 0.3) is 0 Å². The van der Waals surface area contributed by atoms with E-state index in [0.29, 0.717) is 5.92 Å². The van der Waals surface area contributed by atoms with Crippen molar-refractivity contribution in [1.82, 2.24) is 0 Å². The van der Waals surface area contributed by atoms with Crippen molar-refractivity contribution < 1.29 is 0 Å². The number of rotatable bonds is 8. The van der Waals surface area contributed by atoms with E-state index in [0.717, 1.165) is 12.3 Å². The minimum Gasteiger partial charge on any atom is -0.0952 e. The van der Waals surface area contributed by atoms with Crippen molar-refractivity contribution in [3.63, 3.8) is 0 Å². The van der Waals surface area contributed by atoms with Gasteiger partial charge < -0.3 is 0 Å². The maximum absolute atomic E-state index is 4.54. The maximum atomic E-state index is 4.54. The van der Waals surface area contributed by atoms with Gasteiger partial charge in [-0.25, -0.2) is 0 Å². The van der Waals surface area contributed by atoms with Gasteiger partial charge in [0.15, 0.2) is 0 Å². The monoisotopic (exact) mass is 430 g/mol. The van der Waals surface area contributed by atoms with Crippen LogP contribution < -0.4 is 0 Å². The van der Waals surface area contributed by atoms with Gasteiger partial charge in [0, 0.05) is 5.92 Å². The number of hydrogen-bond donors (Lipinski definition) is 0. The lowest BCUT2D eigenvalue weighted by atomic mass is 9.82. The van der Waals surface area contributed by atoms with E-state index in [9.17, 15) is 0 Å². The molecule has 0 spiro atoms. The summed E-state index contributed by atoms with van der Waals surface area (Å²) in [6.07, 6.45) is 12.1. The molecule has 1 aliphatic carbocycles. The fourth-order valence-electron chi connectivity index (χ4n) is 5.02. The molecule has 1 fully saturated rings. The summed E-state index contributed by atoms with van der Waals surface area (Å²) >= 11 is 0. The first kappa shape index (κ1) is 26.2. The summed E-state index contributed by atoms with van der Waals surface area (Å²) < 4.78 is 0. The molecule has 0 heteroatoms. The van der Waals surface area contributed by atoms with E-state index in [1.165, 1.54) is 90.3 Å². The van der Waals surface area contributed by atoms with Crippen LogP contribution in [0.3, 0.4) is 0 Å². The molecule has 0 bridgehead atoms. The minimum atomic E-state index is 0.305. The molecule has 0 saturated heterocycles. The summed E-state index contributed by atoms with van der Waals surface area (Å²) in [5.74, 6) is 1.21. The molecule has 0 aliphatic heterocycles. The number of hydrogen-bond acceptors (Lipinski definition) is 0. The summed E-state index contributed by atoms with van der Waals surface area (Å²) in [7, 11) is 0. The molecule has 0 heterocycles. The second-order valence-electron chi connectivity index (χ2n) is 9.33. The Morgan fingerprint density at radius 1 is 0.969 bits per heavy atom. The second kappa shape index (κ2) is 13.5. The van der Waals surface area contributed by atoms with Gasteiger partial charge in [-0.15, -0.1) is 0 Å². The predicted octanol–water partition coefficient (Wildman–Crippen LogP) is 10.2. The standard InChI is InChI=1S/C30H40.C2H6/c1-6-22(2)28-20-19-27(18-17-26-14-9-7-8-10-15-26)30(21-28)25(5)24(4)29-16-12-11-13-23(29)3;1-2/h11-13,16,19-21,25-26H,2,4,6-10,14-15,17-18H2,1,3,5H3;1-2H3/t25-;/m0./s1. The second-order valence-corrected chi connectivity index (χ2v) is 9.33. The SMILES string of the molecule is C=C(CC)c1ccc(CCC2CCCCCC2)c([C@@H](C)C(=C)c2ccccc2C)c1.CC. The molecule has 0 radical (unpaired) electrons. The largest absolute Gasteiger partial charge is 0.0952 e. The third kappa shape index (κ3) is 6.96. The first-order valence-electron chi connectivity index (χ1n) is 13.1. The van der Waals surface area contributed by atoms with E-state index < -0.39 is 0 Å². The van der Waals surface area contributed by atoms with E-state index in [4.69, 9.17) is 0 Å². The molecule has 0 amide bonds. The van der Waals surface area contributed by atoms with Gasteiger partial charge >= 0.3 is 0 Å². The minimum absolute atomic E-state index is 0.305. The topological polar surface area (TPSA) is 0 Å². The quantitative estimate of drug-likeness (QED) is 0.365. The molecule has 32 heavy (non-hydrogen) atoms. The van der Waals surface area contributed by atoms with Crippen molar-refractivity contribution in [1.29, 1.82) is 0 Å². The van der Waals surface area contributed by atoms with Crippen molar-refractivity contribution in [2.24, 2.45) is 5.92 Å². The molecular weight excluding hydrogens is 384 g/mol. The van der Waals surface area contributed by atoms with E-state index in [-0.39, 0.29) is 0 Å². The lowest BCUT2D eigenvalue weighted by Crippen LogP contribution is -2.07. The highest BCUT2D eigenvalue weighted by molar-refractivity contribution is 5.73. The fraction of sp³-hybridized carbons (Fsp3) is 0.500. The number of benzene rings is 2. The molecule has 2 aromatic rings.